The van der Waals surface area contributed by atoms with Crippen LogP contribution < -0.4 is 5.32 Å². The highest BCUT2D eigenvalue weighted by molar-refractivity contribution is 5.38. The van der Waals surface area contributed by atoms with E-state index >= 15 is 0 Å². The first-order valence-electron chi connectivity index (χ1n) is 5.93. The summed E-state index contributed by atoms with van der Waals surface area (Å²) in [7, 11) is 0. The Kier molecular flexibility index (Phi) is 3.24. The molecule has 1 aromatic heterocycles. The van der Waals surface area contributed by atoms with Gasteiger partial charge in [-0.3, -0.25) is 0 Å². The Labute approximate surface area is 92.1 Å². The van der Waals surface area contributed by atoms with E-state index in [0.717, 1.165) is 11.7 Å². The third kappa shape index (κ3) is 2.95. The van der Waals surface area contributed by atoms with Gasteiger partial charge in [-0.2, -0.15) is 0 Å². The van der Waals surface area contributed by atoms with Crippen LogP contribution in [0.2, 0.25) is 0 Å². The average Bonchev–Trinajstić information content (AvgIpc) is 2.22. The van der Waals surface area contributed by atoms with E-state index in [4.69, 9.17) is 0 Å². The number of aromatic nitrogens is 1. The Morgan fingerprint density at radius 1 is 1.27 bits per heavy atom. The highest BCUT2D eigenvalue weighted by Crippen LogP contribution is 2.25. The topological polar surface area (TPSA) is 24.9 Å². The molecule has 0 amide bonds. The third-order valence-corrected chi connectivity index (χ3v) is 3.28. The Balaban J connectivity index is 1.92. The van der Waals surface area contributed by atoms with Gasteiger partial charge in [-0.15, -0.1) is 0 Å². The summed E-state index contributed by atoms with van der Waals surface area (Å²) in [5, 5.41) is 3.53. The van der Waals surface area contributed by atoms with Crippen molar-refractivity contribution in [3.8, 4) is 0 Å². The van der Waals surface area contributed by atoms with Crippen LogP contribution in [0.15, 0.2) is 18.3 Å². The molecule has 82 valence electrons. The van der Waals surface area contributed by atoms with Crippen molar-refractivity contribution in [2.75, 3.05) is 5.32 Å². The van der Waals surface area contributed by atoms with Gasteiger partial charge in [0.1, 0.15) is 5.82 Å². The molecule has 0 radical (unpaired) electrons. The lowest BCUT2D eigenvalue weighted by molar-refractivity contribution is 0.361. The van der Waals surface area contributed by atoms with E-state index < -0.39 is 0 Å². The molecule has 1 saturated carbocycles. The van der Waals surface area contributed by atoms with E-state index in [2.05, 4.69) is 30.2 Å². The highest BCUT2D eigenvalue weighted by Gasteiger charge is 2.17. The van der Waals surface area contributed by atoms with Crippen molar-refractivity contribution < 1.29 is 0 Å². The van der Waals surface area contributed by atoms with Crippen LogP contribution in [0.3, 0.4) is 0 Å². The second-order valence-corrected chi connectivity index (χ2v) is 4.82. The number of hydrogen-bond donors (Lipinski definition) is 1. The highest BCUT2D eigenvalue weighted by atomic mass is 15.0. The third-order valence-electron chi connectivity index (χ3n) is 3.28. The van der Waals surface area contributed by atoms with Crippen molar-refractivity contribution in [3.05, 3.63) is 23.9 Å². The minimum atomic E-state index is 0.635. The molecule has 1 heterocycles. The zero-order chi connectivity index (χ0) is 10.7. The van der Waals surface area contributed by atoms with E-state index in [1.165, 1.54) is 31.2 Å². The smallest absolute Gasteiger partial charge is 0.126 e. The van der Waals surface area contributed by atoms with Crippen molar-refractivity contribution in [1.29, 1.82) is 0 Å². The van der Waals surface area contributed by atoms with Gasteiger partial charge < -0.3 is 5.32 Å². The Hall–Kier alpha value is -1.05. The predicted octanol–water partition coefficient (Wildman–Crippen LogP) is 3.38. The molecule has 15 heavy (non-hydrogen) atoms. The lowest BCUT2D eigenvalue weighted by Gasteiger charge is -2.27. The fraction of sp³-hybridized carbons (Fsp3) is 0.615. The molecule has 2 heteroatoms. The van der Waals surface area contributed by atoms with Crippen LogP contribution >= 0.6 is 0 Å². The van der Waals surface area contributed by atoms with Gasteiger partial charge in [0, 0.05) is 12.2 Å². The molecule has 1 N–H and O–H groups in total. The van der Waals surface area contributed by atoms with Crippen molar-refractivity contribution in [1.82, 2.24) is 4.98 Å². The quantitative estimate of drug-likeness (QED) is 0.798. The summed E-state index contributed by atoms with van der Waals surface area (Å²) in [6, 6.07) is 4.79. The van der Waals surface area contributed by atoms with Gasteiger partial charge in [0.15, 0.2) is 0 Å². The molecule has 0 spiro atoms. The van der Waals surface area contributed by atoms with Crippen LogP contribution in [0.1, 0.15) is 38.2 Å². The number of aryl methyl sites for hydroxylation is 1. The van der Waals surface area contributed by atoms with E-state index in [9.17, 15) is 0 Å². The first kappa shape index (κ1) is 10.5. The molecule has 0 saturated heterocycles. The zero-order valence-corrected chi connectivity index (χ0v) is 9.66. The molecule has 0 atom stereocenters. The van der Waals surface area contributed by atoms with Crippen LogP contribution in [0.5, 0.6) is 0 Å². The van der Waals surface area contributed by atoms with Crippen LogP contribution in [0, 0.1) is 12.8 Å². The number of rotatable bonds is 2. The average molecular weight is 204 g/mol. The number of nitrogens with zero attached hydrogens (tertiary/aromatic N) is 1. The standard InChI is InChI=1S/C13H20N2/c1-10-3-5-12(6-4-10)15-13-9-11(2)7-8-14-13/h7-10,12H,3-6H2,1-2H3,(H,14,15). The summed E-state index contributed by atoms with van der Waals surface area (Å²) in [5.74, 6) is 1.95. The van der Waals surface area contributed by atoms with E-state index in [0.29, 0.717) is 6.04 Å². The fourth-order valence-corrected chi connectivity index (χ4v) is 2.23. The zero-order valence-electron chi connectivity index (χ0n) is 9.66. The summed E-state index contributed by atoms with van der Waals surface area (Å²) in [6.07, 6.45) is 7.16. The molecule has 0 bridgehead atoms. The largest absolute Gasteiger partial charge is 0.367 e. The Morgan fingerprint density at radius 2 is 2.00 bits per heavy atom. The monoisotopic (exact) mass is 204 g/mol. The van der Waals surface area contributed by atoms with Crippen molar-refractivity contribution in [2.45, 2.75) is 45.6 Å². The minimum Gasteiger partial charge on any atom is -0.367 e. The maximum absolute atomic E-state index is 4.34. The van der Waals surface area contributed by atoms with Crippen molar-refractivity contribution in [3.63, 3.8) is 0 Å². The molecule has 0 unspecified atom stereocenters. The lowest BCUT2D eigenvalue weighted by atomic mass is 9.87. The number of hydrogen-bond acceptors (Lipinski definition) is 2. The Bertz CT molecular complexity index is 314. The van der Waals surface area contributed by atoms with Crippen molar-refractivity contribution >= 4 is 5.82 Å². The van der Waals surface area contributed by atoms with Crippen LogP contribution in [0.4, 0.5) is 5.82 Å². The predicted molar refractivity (Wildman–Crippen MR) is 64.0 cm³/mol. The van der Waals surface area contributed by atoms with Crippen LogP contribution in [-0.2, 0) is 0 Å². The summed E-state index contributed by atoms with van der Waals surface area (Å²) >= 11 is 0. The summed E-state index contributed by atoms with van der Waals surface area (Å²) in [6.45, 7) is 4.46. The van der Waals surface area contributed by atoms with Gasteiger partial charge >= 0.3 is 0 Å². The van der Waals surface area contributed by atoms with Gasteiger partial charge in [-0.25, -0.2) is 4.98 Å². The molecular weight excluding hydrogens is 184 g/mol. The van der Waals surface area contributed by atoms with Gasteiger partial charge in [-0.1, -0.05) is 6.92 Å². The first-order chi connectivity index (χ1) is 7.24. The number of nitrogens with one attached hydrogen (secondary N) is 1. The van der Waals surface area contributed by atoms with Crippen LogP contribution in [0.25, 0.3) is 0 Å². The molecule has 0 aromatic carbocycles. The fourth-order valence-electron chi connectivity index (χ4n) is 2.23. The molecule has 0 aliphatic heterocycles. The maximum atomic E-state index is 4.34. The van der Waals surface area contributed by atoms with Crippen molar-refractivity contribution in [2.24, 2.45) is 5.92 Å². The molecule has 1 fully saturated rings. The molecule has 1 aromatic rings. The van der Waals surface area contributed by atoms with Gasteiger partial charge in [0.05, 0.1) is 0 Å². The van der Waals surface area contributed by atoms with Crippen LogP contribution in [-0.4, -0.2) is 11.0 Å². The summed E-state index contributed by atoms with van der Waals surface area (Å²) in [4.78, 5) is 4.34. The normalized spacial score (nSPS) is 26.3. The lowest BCUT2D eigenvalue weighted by Crippen LogP contribution is -2.25. The molecule has 2 rings (SSSR count). The van der Waals surface area contributed by atoms with E-state index in [1.807, 2.05) is 12.3 Å². The molecule has 1 aliphatic rings. The first-order valence-corrected chi connectivity index (χ1v) is 5.93. The summed E-state index contributed by atoms with van der Waals surface area (Å²) < 4.78 is 0. The second kappa shape index (κ2) is 4.65. The van der Waals surface area contributed by atoms with E-state index in [1.54, 1.807) is 0 Å². The molecular formula is C13H20N2. The number of anilines is 1. The maximum Gasteiger partial charge on any atom is 0.126 e. The summed E-state index contributed by atoms with van der Waals surface area (Å²) in [5.41, 5.74) is 1.27. The Morgan fingerprint density at radius 3 is 2.67 bits per heavy atom. The van der Waals surface area contributed by atoms with Gasteiger partial charge in [-0.05, 0) is 56.2 Å². The SMILES string of the molecule is Cc1ccnc(NC2CCC(C)CC2)c1. The second-order valence-electron chi connectivity index (χ2n) is 4.82. The molecule has 1 aliphatic carbocycles. The van der Waals surface area contributed by atoms with Gasteiger partial charge in [0.25, 0.3) is 0 Å². The van der Waals surface area contributed by atoms with E-state index in [-0.39, 0.29) is 0 Å². The molecule has 2 nitrogen and oxygen atoms in total. The van der Waals surface area contributed by atoms with Gasteiger partial charge in [0.2, 0.25) is 0 Å². The minimum absolute atomic E-state index is 0.635. The number of pyridine rings is 1.